The maximum Gasteiger partial charge on any atom is 0.295 e. The molecule has 0 radical (unpaired) electrons. The van der Waals surface area contributed by atoms with Crippen molar-refractivity contribution in [3.8, 4) is 11.5 Å². The Kier molecular flexibility index (Phi) is 7.53. The second-order valence-corrected chi connectivity index (χ2v) is 8.16. The van der Waals surface area contributed by atoms with Gasteiger partial charge < -0.3 is 24.6 Å². The summed E-state index contributed by atoms with van der Waals surface area (Å²) in [6, 6.07) is 12.3. The van der Waals surface area contributed by atoms with Gasteiger partial charge in [-0.2, -0.15) is 0 Å². The number of carbonyl (C=O) groups is 2. The van der Waals surface area contributed by atoms with Crippen LogP contribution >= 0.6 is 0 Å². The number of benzene rings is 2. The number of aliphatic hydroxyl groups excluding tert-OH is 1. The second kappa shape index (κ2) is 10.3. The lowest BCUT2D eigenvalue weighted by Gasteiger charge is -2.25. The number of Topliss-reactive ketones (excluding diaryl/α,β-unsaturated/α-hetero) is 1. The van der Waals surface area contributed by atoms with E-state index < -0.39 is 17.7 Å². The SMILES string of the molecule is COCCCN1C(=O)C(=O)C(=C(O)c2ccc(OCC(C)C)cc2)C1c1ccc(O)cc1. The molecule has 1 fully saturated rings. The number of aliphatic hydroxyl groups is 1. The smallest absolute Gasteiger partial charge is 0.295 e. The van der Waals surface area contributed by atoms with Crippen molar-refractivity contribution in [2.24, 2.45) is 5.92 Å². The molecule has 2 aromatic carbocycles. The van der Waals surface area contributed by atoms with E-state index in [9.17, 15) is 19.8 Å². The van der Waals surface area contributed by atoms with Crippen LogP contribution in [0.15, 0.2) is 54.1 Å². The van der Waals surface area contributed by atoms with Gasteiger partial charge in [-0.1, -0.05) is 26.0 Å². The number of carbonyl (C=O) groups excluding carboxylic acids is 2. The number of methoxy groups -OCH3 is 1. The van der Waals surface area contributed by atoms with Crippen LogP contribution < -0.4 is 4.74 Å². The molecule has 0 aliphatic carbocycles. The molecule has 2 N–H and O–H groups in total. The van der Waals surface area contributed by atoms with E-state index in [-0.39, 0.29) is 17.1 Å². The molecule has 7 heteroatoms. The van der Waals surface area contributed by atoms with E-state index in [2.05, 4.69) is 13.8 Å². The van der Waals surface area contributed by atoms with Gasteiger partial charge in [-0.05, 0) is 54.3 Å². The Morgan fingerprint density at radius 2 is 1.72 bits per heavy atom. The summed E-state index contributed by atoms with van der Waals surface area (Å²) in [4.78, 5) is 27.2. The molecule has 0 aromatic heterocycles. The highest BCUT2D eigenvalue weighted by molar-refractivity contribution is 6.46. The van der Waals surface area contributed by atoms with Crippen molar-refractivity contribution in [2.45, 2.75) is 26.3 Å². The van der Waals surface area contributed by atoms with Crippen molar-refractivity contribution in [1.82, 2.24) is 4.90 Å². The highest BCUT2D eigenvalue weighted by atomic mass is 16.5. The van der Waals surface area contributed by atoms with Gasteiger partial charge in [-0.15, -0.1) is 0 Å². The molecular weight excluding hydrogens is 410 g/mol. The summed E-state index contributed by atoms with van der Waals surface area (Å²) in [6.45, 7) is 5.40. The van der Waals surface area contributed by atoms with Gasteiger partial charge in [0.25, 0.3) is 11.7 Å². The first-order chi connectivity index (χ1) is 15.3. The number of aromatic hydroxyl groups is 1. The van der Waals surface area contributed by atoms with E-state index >= 15 is 0 Å². The largest absolute Gasteiger partial charge is 0.508 e. The zero-order valence-corrected chi connectivity index (χ0v) is 18.6. The molecule has 0 bridgehead atoms. The van der Waals surface area contributed by atoms with Crippen molar-refractivity contribution < 1.29 is 29.3 Å². The fourth-order valence-corrected chi connectivity index (χ4v) is 3.62. The first-order valence-corrected chi connectivity index (χ1v) is 10.6. The van der Waals surface area contributed by atoms with E-state index in [1.807, 2.05) is 0 Å². The van der Waals surface area contributed by atoms with Gasteiger partial charge in [0, 0.05) is 25.8 Å². The Balaban J connectivity index is 2.00. The maximum atomic E-state index is 12.9. The molecule has 0 spiro atoms. The van der Waals surface area contributed by atoms with Crippen LogP contribution in [0.5, 0.6) is 11.5 Å². The van der Waals surface area contributed by atoms with Crippen LogP contribution in [0.3, 0.4) is 0 Å². The molecule has 2 aromatic rings. The highest BCUT2D eigenvalue weighted by Crippen LogP contribution is 2.40. The van der Waals surface area contributed by atoms with Crippen LogP contribution in [0.25, 0.3) is 5.76 Å². The topological polar surface area (TPSA) is 96.3 Å². The number of amides is 1. The van der Waals surface area contributed by atoms with E-state index in [4.69, 9.17) is 9.47 Å². The predicted octanol–water partition coefficient (Wildman–Crippen LogP) is 3.89. The summed E-state index contributed by atoms with van der Waals surface area (Å²) in [5.74, 6) is -0.545. The Morgan fingerprint density at radius 3 is 2.31 bits per heavy atom. The van der Waals surface area contributed by atoms with E-state index in [0.29, 0.717) is 49.0 Å². The summed E-state index contributed by atoms with van der Waals surface area (Å²) in [5.41, 5.74) is 1.06. The van der Waals surface area contributed by atoms with Gasteiger partial charge in [0.05, 0.1) is 18.2 Å². The minimum absolute atomic E-state index is 0.0222. The molecule has 1 aliphatic heterocycles. The molecule has 1 unspecified atom stereocenters. The summed E-state index contributed by atoms with van der Waals surface area (Å²) in [7, 11) is 1.57. The number of likely N-dealkylation sites (tertiary alicyclic amines) is 1. The quantitative estimate of drug-likeness (QED) is 0.266. The summed E-state index contributed by atoms with van der Waals surface area (Å²) >= 11 is 0. The number of phenols is 1. The average Bonchev–Trinajstić information content (AvgIpc) is 3.03. The predicted molar refractivity (Wildman–Crippen MR) is 120 cm³/mol. The normalized spacial score (nSPS) is 17.9. The Bertz CT molecular complexity index is 978. The van der Waals surface area contributed by atoms with Crippen LogP contribution in [0.4, 0.5) is 0 Å². The second-order valence-electron chi connectivity index (χ2n) is 8.16. The van der Waals surface area contributed by atoms with Gasteiger partial charge in [-0.25, -0.2) is 0 Å². The minimum Gasteiger partial charge on any atom is -0.508 e. The van der Waals surface area contributed by atoms with Gasteiger partial charge in [0.15, 0.2) is 0 Å². The van der Waals surface area contributed by atoms with Gasteiger partial charge in [0.1, 0.15) is 17.3 Å². The van der Waals surface area contributed by atoms with Crippen molar-refractivity contribution in [1.29, 1.82) is 0 Å². The number of nitrogens with zero attached hydrogens (tertiary/aromatic N) is 1. The Hall–Kier alpha value is -3.32. The van der Waals surface area contributed by atoms with Gasteiger partial charge >= 0.3 is 0 Å². The first-order valence-electron chi connectivity index (χ1n) is 10.6. The van der Waals surface area contributed by atoms with Gasteiger partial charge in [0.2, 0.25) is 0 Å². The standard InChI is InChI=1S/C25H29NO6/c1-16(2)15-32-20-11-7-18(8-12-20)23(28)21-22(17-5-9-19(27)10-6-17)26(13-4-14-31-3)25(30)24(21)29/h5-12,16,22,27-28H,4,13-15H2,1-3H3. The Morgan fingerprint density at radius 1 is 1.06 bits per heavy atom. The highest BCUT2D eigenvalue weighted by Gasteiger charge is 2.45. The van der Waals surface area contributed by atoms with Crippen molar-refractivity contribution >= 4 is 17.4 Å². The Labute approximate surface area is 187 Å². The number of hydrogen-bond donors (Lipinski definition) is 2. The third-order valence-corrected chi connectivity index (χ3v) is 5.21. The summed E-state index contributed by atoms with van der Waals surface area (Å²) < 4.78 is 10.8. The zero-order chi connectivity index (χ0) is 23.3. The van der Waals surface area contributed by atoms with Crippen LogP contribution in [0.1, 0.15) is 37.4 Å². The van der Waals surface area contributed by atoms with E-state index in [1.165, 1.54) is 17.0 Å². The first kappa shape index (κ1) is 23.3. The number of ether oxygens (including phenoxy) is 2. The molecular formula is C25H29NO6. The van der Waals surface area contributed by atoms with Gasteiger partial charge in [-0.3, -0.25) is 9.59 Å². The van der Waals surface area contributed by atoms with Crippen LogP contribution in [0.2, 0.25) is 0 Å². The lowest BCUT2D eigenvalue weighted by atomic mass is 9.95. The van der Waals surface area contributed by atoms with Crippen LogP contribution in [-0.4, -0.2) is 53.7 Å². The molecule has 1 amide bonds. The number of rotatable bonds is 9. The fraction of sp³-hybridized carbons (Fsp3) is 0.360. The lowest BCUT2D eigenvalue weighted by molar-refractivity contribution is -0.140. The lowest BCUT2D eigenvalue weighted by Crippen LogP contribution is -2.31. The molecule has 170 valence electrons. The minimum atomic E-state index is -0.760. The number of hydrogen-bond acceptors (Lipinski definition) is 6. The third kappa shape index (κ3) is 5.11. The summed E-state index contributed by atoms with van der Waals surface area (Å²) in [6.07, 6.45) is 0.542. The maximum absolute atomic E-state index is 12.9. The average molecular weight is 440 g/mol. The molecule has 3 rings (SSSR count). The third-order valence-electron chi connectivity index (χ3n) is 5.21. The number of ketones is 1. The van der Waals surface area contributed by atoms with Crippen molar-refractivity contribution in [3.05, 3.63) is 65.2 Å². The molecule has 1 aliphatic rings. The zero-order valence-electron chi connectivity index (χ0n) is 18.6. The van der Waals surface area contributed by atoms with E-state index in [1.54, 1.807) is 43.5 Å². The van der Waals surface area contributed by atoms with Crippen molar-refractivity contribution in [3.63, 3.8) is 0 Å². The van der Waals surface area contributed by atoms with E-state index in [0.717, 1.165) is 0 Å². The van der Waals surface area contributed by atoms with Crippen molar-refractivity contribution in [2.75, 3.05) is 26.9 Å². The van der Waals surface area contributed by atoms with Crippen LogP contribution in [-0.2, 0) is 14.3 Å². The monoisotopic (exact) mass is 439 g/mol. The molecule has 0 saturated carbocycles. The fourth-order valence-electron chi connectivity index (χ4n) is 3.62. The molecule has 1 heterocycles. The molecule has 1 saturated heterocycles. The molecule has 1 atom stereocenters. The number of phenolic OH excluding ortho intramolecular Hbond substituents is 1. The summed E-state index contributed by atoms with van der Waals surface area (Å²) in [5, 5.41) is 20.7. The molecule has 7 nitrogen and oxygen atoms in total. The molecule has 32 heavy (non-hydrogen) atoms. The van der Waals surface area contributed by atoms with Crippen LogP contribution in [0, 0.1) is 5.92 Å².